The van der Waals surface area contributed by atoms with Crippen LogP contribution in [0.25, 0.3) is 0 Å². The van der Waals surface area contributed by atoms with Gasteiger partial charge in [0.25, 0.3) is 0 Å². The first-order valence-corrected chi connectivity index (χ1v) is 7.73. The van der Waals surface area contributed by atoms with Gasteiger partial charge in [-0.25, -0.2) is 0 Å². The van der Waals surface area contributed by atoms with Crippen molar-refractivity contribution in [3.8, 4) is 0 Å². The van der Waals surface area contributed by atoms with Crippen molar-refractivity contribution in [1.82, 2.24) is 9.80 Å². The molecule has 2 aliphatic rings. The Bertz CT molecular complexity index is 277. The summed E-state index contributed by atoms with van der Waals surface area (Å²) in [5, 5.41) is 0. The van der Waals surface area contributed by atoms with E-state index in [1.165, 1.54) is 38.6 Å². The molecule has 0 amide bonds. The highest BCUT2D eigenvalue weighted by molar-refractivity contribution is 5.06. The average Bonchev–Trinajstić information content (AvgIpc) is 3.13. The number of nitrogens with zero attached hydrogens (tertiary/aromatic N) is 2. The summed E-state index contributed by atoms with van der Waals surface area (Å²) in [7, 11) is 2.29. The van der Waals surface area contributed by atoms with Gasteiger partial charge in [-0.3, -0.25) is 9.80 Å². The van der Waals surface area contributed by atoms with Crippen LogP contribution in [-0.4, -0.2) is 53.6 Å². The summed E-state index contributed by atoms with van der Waals surface area (Å²) < 4.78 is 0. The van der Waals surface area contributed by atoms with E-state index in [0.29, 0.717) is 12.1 Å². The van der Waals surface area contributed by atoms with Crippen LogP contribution in [0.5, 0.6) is 0 Å². The van der Waals surface area contributed by atoms with Crippen molar-refractivity contribution in [2.24, 2.45) is 5.73 Å². The summed E-state index contributed by atoms with van der Waals surface area (Å²) in [6, 6.07) is 2.21. The zero-order valence-corrected chi connectivity index (χ0v) is 12.7. The average molecular weight is 253 g/mol. The van der Waals surface area contributed by atoms with Crippen molar-refractivity contribution >= 4 is 0 Å². The summed E-state index contributed by atoms with van der Waals surface area (Å²) in [6.07, 6.45) is 6.58. The van der Waals surface area contributed by atoms with Crippen LogP contribution < -0.4 is 5.73 Å². The number of likely N-dealkylation sites (N-methyl/N-ethyl adjacent to an activating group) is 1. The Labute approximate surface area is 113 Å². The maximum Gasteiger partial charge on any atom is 0.0473 e. The van der Waals surface area contributed by atoms with Crippen molar-refractivity contribution in [2.45, 2.75) is 76.5 Å². The molecule has 18 heavy (non-hydrogen) atoms. The van der Waals surface area contributed by atoms with Gasteiger partial charge in [-0.2, -0.15) is 0 Å². The maximum atomic E-state index is 6.18. The molecule has 1 heterocycles. The number of rotatable bonds is 6. The van der Waals surface area contributed by atoms with Crippen LogP contribution in [0.4, 0.5) is 0 Å². The predicted octanol–water partition coefficient (Wildman–Crippen LogP) is 2.06. The van der Waals surface area contributed by atoms with Gasteiger partial charge in [0.1, 0.15) is 0 Å². The summed E-state index contributed by atoms with van der Waals surface area (Å²) in [4.78, 5) is 5.29. The van der Waals surface area contributed by atoms with Crippen LogP contribution in [0, 0.1) is 0 Å². The molecular formula is C15H31N3. The molecule has 2 fully saturated rings. The number of nitrogens with two attached hydrogens (primary N) is 1. The van der Waals surface area contributed by atoms with E-state index in [4.69, 9.17) is 5.73 Å². The van der Waals surface area contributed by atoms with Gasteiger partial charge in [0.05, 0.1) is 0 Å². The lowest BCUT2D eigenvalue weighted by molar-refractivity contribution is 0.0840. The summed E-state index contributed by atoms with van der Waals surface area (Å²) >= 11 is 0. The Hall–Kier alpha value is -0.120. The zero-order valence-electron chi connectivity index (χ0n) is 12.7. The zero-order chi connectivity index (χ0) is 13.3. The minimum Gasteiger partial charge on any atom is -0.329 e. The lowest BCUT2D eigenvalue weighted by Gasteiger charge is -2.42. The monoisotopic (exact) mass is 253 g/mol. The Balaban J connectivity index is 2.06. The second kappa shape index (κ2) is 5.48. The molecule has 3 atom stereocenters. The van der Waals surface area contributed by atoms with E-state index in [9.17, 15) is 0 Å². The van der Waals surface area contributed by atoms with E-state index in [0.717, 1.165) is 12.6 Å². The van der Waals surface area contributed by atoms with E-state index in [1.807, 2.05) is 0 Å². The smallest absolute Gasteiger partial charge is 0.0473 e. The molecule has 0 aromatic carbocycles. The molecule has 3 nitrogen and oxygen atoms in total. The first-order chi connectivity index (χ1) is 8.54. The highest BCUT2D eigenvalue weighted by Crippen LogP contribution is 2.39. The SMILES string of the molecule is CCCC(C)N(C)C1(CN)CC(C)N(C2CC2)C1. The van der Waals surface area contributed by atoms with Crippen LogP contribution >= 0.6 is 0 Å². The van der Waals surface area contributed by atoms with Crippen LogP contribution in [0.2, 0.25) is 0 Å². The minimum absolute atomic E-state index is 0.219. The minimum atomic E-state index is 0.219. The topological polar surface area (TPSA) is 32.5 Å². The lowest BCUT2D eigenvalue weighted by Crippen LogP contribution is -2.57. The molecule has 0 aromatic heterocycles. The fourth-order valence-electron chi connectivity index (χ4n) is 3.75. The number of likely N-dealkylation sites (tertiary alicyclic amines) is 1. The molecule has 0 spiro atoms. The first kappa shape index (κ1) is 14.3. The van der Waals surface area contributed by atoms with Gasteiger partial charge in [0.2, 0.25) is 0 Å². The maximum absolute atomic E-state index is 6.18. The van der Waals surface area contributed by atoms with Gasteiger partial charge >= 0.3 is 0 Å². The van der Waals surface area contributed by atoms with E-state index in [-0.39, 0.29) is 5.54 Å². The van der Waals surface area contributed by atoms with Crippen molar-refractivity contribution in [1.29, 1.82) is 0 Å². The lowest BCUT2D eigenvalue weighted by atomic mass is 9.92. The fraction of sp³-hybridized carbons (Fsp3) is 1.00. The standard InChI is InChI=1S/C15H31N3/c1-5-6-12(2)17(4)15(10-16)9-13(3)18(11-15)14-7-8-14/h12-14H,5-11,16H2,1-4H3. The van der Waals surface area contributed by atoms with E-state index < -0.39 is 0 Å². The van der Waals surface area contributed by atoms with Crippen molar-refractivity contribution in [3.63, 3.8) is 0 Å². The third kappa shape index (κ3) is 2.59. The summed E-state index contributed by atoms with van der Waals surface area (Å²) in [5.41, 5.74) is 6.40. The molecule has 1 aliphatic carbocycles. The molecule has 1 saturated carbocycles. The van der Waals surface area contributed by atoms with E-state index in [2.05, 4.69) is 37.6 Å². The Morgan fingerprint density at radius 3 is 2.61 bits per heavy atom. The molecular weight excluding hydrogens is 222 g/mol. The second-order valence-electron chi connectivity index (χ2n) is 6.63. The molecule has 1 aliphatic heterocycles. The van der Waals surface area contributed by atoms with Crippen molar-refractivity contribution in [2.75, 3.05) is 20.1 Å². The summed E-state index contributed by atoms with van der Waals surface area (Å²) in [5.74, 6) is 0. The van der Waals surface area contributed by atoms with Gasteiger partial charge in [-0.15, -0.1) is 0 Å². The van der Waals surface area contributed by atoms with Gasteiger partial charge in [-0.05, 0) is 46.6 Å². The first-order valence-electron chi connectivity index (χ1n) is 7.73. The van der Waals surface area contributed by atoms with Crippen LogP contribution in [0.1, 0.15) is 52.9 Å². The molecule has 2 rings (SSSR count). The molecule has 0 aromatic rings. The molecule has 1 saturated heterocycles. The van der Waals surface area contributed by atoms with Crippen molar-refractivity contribution < 1.29 is 0 Å². The Morgan fingerprint density at radius 1 is 1.44 bits per heavy atom. The number of hydrogen-bond donors (Lipinski definition) is 1. The third-order valence-electron chi connectivity index (χ3n) is 5.23. The molecule has 3 unspecified atom stereocenters. The highest BCUT2D eigenvalue weighted by atomic mass is 15.3. The van der Waals surface area contributed by atoms with Crippen molar-refractivity contribution in [3.05, 3.63) is 0 Å². The normalized spacial score (nSPS) is 35.3. The fourth-order valence-corrected chi connectivity index (χ4v) is 3.75. The van der Waals surface area contributed by atoms with Crippen LogP contribution in [0.15, 0.2) is 0 Å². The molecule has 0 bridgehead atoms. The second-order valence-corrected chi connectivity index (χ2v) is 6.63. The largest absolute Gasteiger partial charge is 0.329 e. The van der Waals surface area contributed by atoms with Crippen LogP contribution in [-0.2, 0) is 0 Å². The van der Waals surface area contributed by atoms with E-state index >= 15 is 0 Å². The quantitative estimate of drug-likeness (QED) is 0.786. The number of hydrogen-bond acceptors (Lipinski definition) is 3. The van der Waals surface area contributed by atoms with E-state index in [1.54, 1.807) is 0 Å². The van der Waals surface area contributed by atoms with Gasteiger partial charge in [0, 0.05) is 36.8 Å². The van der Waals surface area contributed by atoms with Crippen LogP contribution in [0.3, 0.4) is 0 Å². The predicted molar refractivity (Wildman–Crippen MR) is 77.7 cm³/mol. The van der Waals surface area contributed by atoms with Gasteiger partial charge in [0.15, 0.2) is 0 Å². The summed E-state index contributed by atoms with van der Waals surface area (Å²) in [6.45, 7) is 8.98. The molecule has 3 heteroatoms. The highest BCUT2D eigenvalue weighted by Gasteiger charge is 2.48. The van der Waals surface area contributed by atoms with Gasteiger partial charge < -0.3 is 5.73 Å². The Morgan fingerprint density at radius 2 is 2.11 bits per heavy atom. The molecule has 106 valence electrons. The molecule has 0 radical (unpaired) electrons. The Kier molecular flexibility index (Phi) is 4.35. The third-order valence-corrected chi connectivity index (χ3v) is 5.23. The van der Waals surface area contributed by atoms with Gasteiger partial charge in [-0.1, -0.05) is 13.3 Å². The molecule has 2 N–H and O–H groups in total.